The zero-order valence-electron chi connectivity index (χ0n) is 4.46. The van der Waals surface area contributed by atoms with Crippen LogP contribution in [0.4, 0.5) is 0 Å². The molecule has 4 heteroatoms. The van der Waals surface area contributed by atoms with Gasteiger partial charge in [0.25, 0.3) is 0 Å². The lowest BCUT2D eigenvalue weighted by Crippen LogP contribution is -2.25. The second-order valence-electron chi connectivity index (χ2n) is 1.76. The first-order valence-electron chi connectivity index (χ1n) is 2.49. The van der Waals surface area contributed by atoms with Crippen LogP contribution in [-0.2, 0) is 14.6 Å². The molecule has 0 saturated carbocycles. The van der Waals surface area contributed by atoms with Gasteiger partial charge in [-0.1, -0.05) is 0 Å². The second kappa shape index (κ2) is 2.03. The highest BCUT2D eigenvalue weighted by atomic mass is 32.2. The van der Waals surface area contributed by atoms with E-state index in [9.17, 15) is 8.42 Å². The SMILES string of the molecule is O=S1(=O)CCOCC1. The molecule has 0 N–H and O–H groups in total. The molecular formula is C4H8O3S. The van der Waals surface area contributed by atoms with Crippen molar-refractivity contribution in [3.05, 3.63) is 0 Å². The van der Waals surface area contributed by atoms with Crippen LogP contribution in [0.2, 0.25) is 0 Å². The zero-order chi connectivity index (χ0) is 6.04. The molecule has 0 aromatic carbocycles. The van der Waals surface area contributed by atoms with Crippen LogP contribution in [0.1, 0.15) is 0 Å². The lowest BCUT2D eigenvalue weighted by molar-refractivity contribution is 0.156. The molecule has 0 bridgehead atoms. The molecule has 1 aliphatic rings. The minimum absolute atomic E-state index is 0.201. The molecule has 48 valence electrons. The van der Waals surface area contributed by atoms with Crippen molar-refractivity contribution in [2.75, 3.05) is 24.7 Å². The fraction of sp³-hybridized carbons (Fsp3) is 1.00. The Labute approximate surface area is 48.6 Å². The van der Waals surface area contributed by atoms with Gasteiger partial charge in [-0.05, 0) is 0 Å². The van der Waals surface area contributed by atoms with Crippen LogP contribution in [0.5, 0.6) is 0 Å². The number of hydrogen-bond acceptors (Lipinski definition) is 3. The fourth-order valence-corrected chi connectivity index (χ4v) is 1.52. The largest absolute Gasteiger partial charge is 0.379 e. The Balaban J connectivity index is 2.58. The molecule has 0 aromatic heterocycles. The minimum atomic E-state index is -2.71. The van der Waals surface area contributed by atoms with Crippen LogP contribution in [0.25, 0.3) is 0 Å². The van der Waals surface area contributed by atoms with Crippen molar-refractivity contribution in [1.82, 2.24) is 0 Å². The first-order chi connectivity index (χ1) is 3.71. The summed E-state index contributed by atoms with van der Waals surface area (Å²) >= 11 is 0. The molecule has 1 saturated heterocycles. The van der Waals surface area contributed by atoms with Crippen LogP contribution >= 0.6 is 0 Å². The Hall–Kier alpha value is -0.0900. The average Bonchev–Trinajstić information content (AvgIpc) is 1.65. The Kier molecular flexibility index (Phi) is 1.53. The van der Waals surface area contributed by atoms with E-state index in [-0.39, 0.29) is 11.5 Å². The molecule has 0 radical (unpaired) electrons. The normalized spacial score (nSPS) is 27.5. The highest BCUT2D eigenvalue weighted by molar-refractivity contribution is 7.91. The Morgan fingerprint density at radius 2 is 1.62 bits per heavy atom. The summed E-state index contributed by atoms with van der Waals surface area (Å²) in [6, 6.07) is 0. The van der Waals surface area contributed by atoms with E-state index in [2.05, 4.69) is 0 Å². The molecule has 0 atom stereocenters. The smallest absolute Gasteiger partial charge is 0.154 e. The topological polar surface area (TPSA) is 43.4 Å². The summed E-state index contributed by atoms with van der Waals surface area (Å²) in [5.74, 6) is 0.403. The van der Waals surface area contributed by atoms with E-state index in [1.54, 1.807) is 0 Å². The van der Waals surface area contributed by atoms with Crippen LogP contribution in [-0.4, -0.2) is 33.1 Å². The number of ether oxygens (including phenoxy) is 1. The predicted molar refractivity (Wildman–Crippen MR) is 29.5 cm³/mol. The molecule has 0 amide bonds. The highest BCUT2D eigenvalue weighted by Crippen LogP contribution is 1.96. The van der Waals surface area contributed by atoms with E-state index in [4.69, 9.17) is 4.74 Å². The molecule has 0 spiro atoms. The maximum absolute atomic E-state index is 10.6. The van der Waals surface area contributed by atoms with Gasteiger partial charge in [0.05, 0.1) is 24.7 Å². The molecule has 1 heterocycles. The van der Waals surface area contributed by atoms with Crippen molar-refractivity contribution in [2.45, 2.75) is 0 Å². The molecule has 3 nitrogen and oxygen atoms in total. The third-order valence-corrected chi connectivity index (χ3v) is 2.65. The van der Waals surface area contributed by atoms with Gasteiger partial charge in [-0.25, -0.2) is 8.42 Å². The Bertz CT molecular complexity index is 146. The van der Waals surface area contributed by atoms with Crippen molar-refractivity contribution in [3.8, 4) is 0 Å². The molecule has 0 unspecified atom stereocenters. The van der Waals surface area contributed by atoms with Gasteiger partial charge in [0.1, 0.15) is 0 Å². The van der Waals surface area contributed by atoms with Crippen molar-refractivity contribution in [1.29, 1.82) is 0 Å². The van der Waals surface area contributed by atoms with Gasteiger partial charge in [0.2, 0.25) is 0 Å². The standard InChI is InChI=1S/C4H8O3S/c5-8(6)3-1-7-2-4-8/h1-4H2. The van der Waals surface area contributed by atoms with Gasteiger partial charge < -0.3 is 4.74 Å². The maximum Gasteiger partial charge on any atom is 0.154 e. The highest BCUT2D eigenvalue weighted by Gasteiger charge is 2.14. The lowest BCUT2D eigenvalue weighted by Gasteiger charge is -2.10. The van der Waals surface area contributed by atoms with Crippen LogP contribution in [0.15, 0.2) is 0 Å². The summed E-state index contributed by atoms with van der Waals surface area (Å²) < 4.78 is 26.0. The summed E-state index contributed by atoms with van der Waals surface area (Å²) in [5.41, 5.74) is 0. The fourth-order valence-electron chi connectivity index (χ4n) is 0.576. The summed E-state index contributed by atoms with van der Waals surface area (Å²) in [7, 11) is -2.71. The Morgan fingerprint density at radius 3 is 1.88 bits per heavy atom. The van der Waals surface area contributed by atoms with E-state index < -0.39 is 9.84 Å². The molecule has 1 rings (SSSR count). The second-order valence-corrected chi connectivity index (χ2v) is 4.07. The van der Waals surface area contributed by atoms with Gasteiger partial charge >= 0.3 is 0 Å². The minimum Gasteiger partial charge on any atom is -0.379 e. The van der Waals surface area contributed by atoms with Crippen molar-refractivity contribution in [3.63, 3.8) is 0 Å². The predicted octanol–water partition coefficient (Wildman–Crippen LogP) is -0.569. The third-order valence-electron chi connectivity index (χ3n) is 1.08. The summed E-state index contributed by atoms with van der Waals surface area (Å²) in [6.45, 7) is 0.755. The lowest BCUT2D eigenvalue weighted by atomic mass is 10.8. The molecule has 8 heavy (non-hydrogen) atoms. The van der Waals surface area contributed by atoms with Crippen molar-refractivity contribution in [2.24, 2.45) is 0 Å². The summed E-state index contributed by atoms with van der Waals surface area (Å²) in [6.07, 6.45) is 0. The Morgan fingerprint density at radius 1 is 1.12 bits per heavy atom. The molecule has 0 aliphatic carbocycles. The van der Waals surface area contributed by atoms with Gasteiger partial charge in [0.15, 0.2) is 9.84 Å². The molecular weight excluding hydrogens is 128 g/mol. The number of rotatable bonds is 0. The van der Waals surface area contributed by atoms with E-state index in [1.807, 2.05) is 0 Å². The van der Waals surface area contributed by atoms with Crippen LogP contribution < -0.4 is 0 Å². The summed E-state index contributed by atoms with van der Waals surface area (Å²) in [5, 5.41) is 0. The quantitative estimate of drug-likeness (QED) is 0.448. The van der Waals surface area contributed by atoms with E-state index in [0.29, 0.717) is 13.2 Å². The number of sulfone groups is 1. The van der Waals surface area contributed by atoms with Gasteiger partial charge in [-0.3, -0.25) is 0 Å². The first-order valence-corrected chi connectivity index (χ1v) is 4.31. The van der Waals surface area contributed by atoms with Gasteiger partial charge in [0, 0.05) is 0 Å². The average molecular weight is 136 g/mol. The molecule has 1 fully saturated rings. The summed E-state index contributed by atoms with van der Waals surface area (Å²) in [4.78, 5) is 0. The number of hydrogen-bond donors (Lipinski definition) is 0. The maximum atomic E-state index is 10.6. The molecule has 0 aromatic rings. The van der Waals surface area contributed by atoms with Crippen LogP contribution in [0.3, 0.4) is 0 Å². The van der Waals surface area contributed by atoms with E-state index >= 15 is 0 Å². The van der Waals surface area contributed by atoms with E-state index in [0.717, 1.165) is 0 Å². The molecule has 1 aliphatic heterocycles. The monoisotopic (exact) mass is 136 g/mol. The third kappa shape index (κ3) is 1.45. The van der Waals surface area contributed by atoms with Crippen molar-refractivity contribution < 1.29 is 13.2 Å². The van der Waals surface area contributed by atoms with Crippen molar-refractivity contribution >= 4 is 9.84 Å². The van der Waals surface area contributed by atoms with Crippen LogP contribution in [0, 0.1) is 0 Å². The van der Waals surface area contributed by atoms with E-state index in [1.165, 1.54) is 0 Å². The first kappa shape index (κ1) is 6.04. The van der Waals surface area contributed by atoms with Gasteiger partial charge in [-0.2, -0.15) is 0 Å². The van der Waals surface area contributed by atoms with Gasteiger partial charge in [-0.15, -0.1) is 0 Å². The zero-order valence-corrected chi connectivity index (χ0v) is 5.28.